The topological polar surface area (TPSA) is 6.48 Å². The average Bonchev–Trinajstić information content (AvgIpc) is 3.05. The third-order valence-electron chi connectivity index (χ3n) is 8.13. The van der Waals surface area contributed by atoms with Gasteiger partial charge in [0.1, 0.15) is 0 Å². The van der Waals surface area contributed by atoms with Crippen LogP contribution in [0.25, 0.3) is 28.0 Å². The zero-order chi connectivity index (χ0) is 27.6. The Morgan fingerprint density at radius 1 is 0.512 bits per heavy atom. The van der Waals surface area contributed by atoms with E-state index in [0.29, 0.717) is 0 Å². The van der Waals surface area contributed by atoms with Gasteiger partial charge in [0, 0.05) is 40.7 Å². The zero-order valence-corrected chi connectivity index (χ0v) is 23.2. The number of hydrogen-bond donors (Lipinski definition) is 0. The van der Waals surface area contributed by atoms with Crippen molar-refractivity contribution in [2.75, 3.05) is 16.8 Å². The maximum absolute atomic E-state index is 2.38. The molecule has 6 aromatic carbocycles. The summed E-state index contributed by atoms with van der Waals surface area (Å²) in [7, 11) is 2.14. The van der Waals surface area contributed by atoms with Crippen LogP contribution in [-0.4, -0.2) is 7.05 Å². The molecule has 0 amide bonds. The molecule has 6 aromatic rings. The molecule has 0 N–H and O–H groups in total. The van der Waals surface area contributed by atoms with Crippen LogP contribution in [0.4, 0.5) is 28.4 Å². The molecule has 198 valence electrons. The number of benzene rings is 6. The van der Waals surface area contributed by atoms with Crippen LogP contribution >= 0.6 is 0 Å². The minimum atomic E-state index is 1.09. The van der Waals surface area contributed by atoms with Gasteiger partial charge in [0.15, 0.2) is 0 Å². The van der Waals surface area contributed by atoms with Gasteiger partial charge in [-0.1, -0.05) is 103 Å². The van der Waals surface area contributed by atoms with Crippen molar-refractivity contribution >= 4 is 45.3 Å². The second kappa shape index (κ2) is 10.8. The van der Waals surface area contributed by atoms with Gasteiger partial charge in [-0.2, -0.15) is 0 Å². The summed E-state index contributed by atoms with van der Waals surface area (Å²) in [6.07, 6.45) is 6.77. The number of allylic oxidation sites excluding steroid dienone is 1. The Morgan fingerprint density at radius 3 is 1.90 bits per heavy atom. The van der Waals surface area contributed by atoms with Crippen LogP contribution in [0.15, 0.2) is 146 Å². The van der Waals surface area contributed by atoms with Crippen molar-refractivity contribution in [3.8, 4) is 11.1 Å². The molecule has 1 aliphatic carbocycles. The normalized spacial score (nSPS) is 12.2. The van der Waals surface area contributed by atoms with E-state index >= 15 is 0 Å². The molecular formula is C39H32N2. The Morgan fingerprint density at radius 2 is 1.12 bits per heavy atom. The van der Waals surface area contributed by atoms with Crippen LogP contribution in [0, 0.1) is 0 Å². The predicted octanol–water partition coefficient (Wildman–Crippen LogP) is 10.7. The van der Waals surface area contributed by atoms with E-state index < -0.39 is 0 Å². The third kappa shape index (κ3) is 4.79. The average molecular weight is 529 g/mol. The molecule has 0 aromatic heterocycles. The van der Waals surface area contributed by atoms with E-state index in [1.807, 2.05) is 0 Å². The van der Waals surface area contributed by atoms with Gasteiger partial charge in [-0.05, 0) is 83.4 Å². The zero-order valence-electron chi connectivity index (χ0n) is 23.2. The van der Waals surface area contributed by atoms with Gasteiger partial charge in [-0.3, -0.25) is 0 Å². The van der Waals surface area contributed by atoms with Gasteiger partial charge < -0.3 is 9.80 Å². The summed E-state index contributed by atoms with van der Waals surface area (Å²) in [5.74, 6) is 0. The van der Waals surface area contributed by atoms with Crippen LogP contribution in [0.2, 0.25) is 0 Å². The predicted molar refractivity (Wildman–Crippen MR) is 176 cm³/mol. The minimum Gasteiger partial charge on any atom is -0.344 e. The Bertz CT molecular complexity index is 1830. The fourth-order valence-electron chi connectivity index (χ4n) is 5.97. The summed E-state index contributed by atoms with van der Waals surface area (Å²) in [6, 6.07) is 50.2. The number of anilines is 5. The highest BCUT2D eigenvalue weighted by molar-refractivity contribution is 5.96. The first-order valence-corrected chi connectivity index (χ1v) is 14.3. The molecular weight excluding hydrogens is 496 g/mol. The van der Waals surface area contributed by atoms with Crippen LogP contribution < -0.4 is 9.80 Å². The van der Waals surface area contributed by atoms with Crippen molar-refractivity contribution in [1.82, 2.24) is 0 Å². The molecule has 0 saturated heterocycles. The highest BCUT2D eigenvalue weighted by atomic mass is 15.1. The molecule has 0 unspecified atom stereocenters. The summed E-state index contributed by atoms with van der Waals surface area (Å²) in [6.45, 7) is 0. The van der Waals surface area contributed by atoms with Crippen LogP contribution in [0.5, 0.6) is 0 Å². The molecule has 0 bridgehead atoms. The van der Waals surface area contributed by atoms with Crippen LogP contribution in [0.1, 0.15) is 17.5 Å². The molecule has 7 rings (SSSR count). The molecule has 0 aliphatic heterocycles. The summed E-state index contributed by atoms with van der Waals surface area (Å²) < 4.78 is 0. The van der Waals surface area contributed by atoms with E-state index in [1.54, 1.807) is 0 Å². The molecule has 41 heavy (non-hydrogen) atoms. The number of hydrogen-bond acceptors (Lipinski definition) is 2. The number of nitrogens with zero attached hydrogens (tertiary/aromatic N) is 2. The Kier molecular flexibility index (Phi) is 6.58. The van der Waals surface area contributed by atoms with Crippen molar-refractivity contribution < 1.29 is 0 Å². The molecule has 2 heteroatoms. The van der Waals surface area contributed by atoms with E-state index in [2.05, 4.69) is 169 Å². The van der Waals surface area contributed by atoms with E-state index in [0.717, 1.165) is 24.2 Å². The first kappa shape index (κ1) is 24.9. The van der Waals surface area contributed by atoms with Crippen molar-refractivity contribution in [3.63, 3.8) is 0 Å². The monoisotopic (exact) mass is 528 g/mol. The van der Waals surface area contributed by atoms with E-state index in [9.17, 15) is 0 Å². The highest BCUT2D eigenvalue weighted by Crippen LogP contribution is 2.40. The molecule has 2 nitrogen and oxygen atoms in total. The lowest BCUT2D eigenvalue weighted by molar-refractivity contribution is 0.984. The molecule has 1 aliphatic rings. The summed E-state index contributed by atoms with van der Waals surface area (Å²) in [5.41, 5.74) is 11.0. The number of aryl methyl sites for hydroxylation is 1. The van der Waals surface area contributed by atoms with Crippen molar-refractivity contribution in [1.29, 1.82) is 0 Å². The van der Waals surface area contributed by atoms with Gasteiger partial charge in [-0.15, -0.1) is 0 Å². The maximum Gasteiger partial charge on any atom is 0.0536 e. The van der Waals surface area contributed by atoms with Crippen LogP contribution in [-0.2, 0) is 6.42 Å². The minimum absolute atomic E-state index is 1.09. The third-order valence-corrected chi connectivity index (χ3v) is 8.13. The van der Waals surface area contributed by atoms with Gasteiger partial charge in [-0.25, -0.2) is 0 Å². The standard InChI is InChI=1S/C39H32N2/c1-40(38-19-9-13-31-11-5-7-17-36(31)38)33-25-21-29(22-26-33)30-23-27-35(28-24-30)41(34-15-3-2-4-16-34)39-20-10-14-32-12-6-8-18-37(32)39/h2-5,7-11,13-28H,6,12H2,1H3. The molecule has 0 saturated carbocycles. The van der Waals surface area contributed by atoms with Crippen molar-refractivity contribution in [2.45, 2.75) is 12.8 Å². The van der Waals surface area contributed by atoms with E-state index in [1.165, 1.54) is 50.1 Å². The van der Waals surface area contributed by atoms with E-state index in [-0.39, 0.29) is 0 Å². The second-order valence-electron chi connectivity index (χ2n) is 10.6. The highest BCUT2D eigenvalue weighted by Gasteiger charge is 2.18. The molecule has 0 fully saturated rings. The molecule has 0 atom stereocenters. The lowest BCUT2D eigenvalue weighted by Gasteiger charge is -2.29. The lowest BCUT2D eigenvalue weighted by Crippen LogP contribution is -2.12. The lowest BCUT2D eigenvalue weighted by atomic mass is 9.95. The Balaban J connectivity index is 1.20. The van der Waals surface area contributed by atoms with E-state index in [4.69, 9.17) is 0 Å². The first-order chi connectivity index (χ1) is 20.3. The Labute approximate surface area is 242 Å². The van der Waals surface area contributed by atoms with Crippen molar-refractivity contribution in [2.24, 2.45) is 0 Å². The van der Waals surface area contributed by atoms with Gasteiger partial charge >= 0.3 is 0 Å². The molecule has 0 spiro atoms. The summed E-state index contributed by atoms with van der Waals surface area (Å²) >= 11 is 0. The van der Waals surface area contributed by atoms with Gasteiger partial charge in [0.2, 0.25) is 0 Å². The molecule has 0 radical (unpaired) electrons. The largest absolute Gasteiger partial charge is 0.344 e. The quantitative estimate of drug-likeness (QED) is 0.212. The number of para-hydroxylation sites is 1. The number of fused-ring (bicyclic) bond motifs is 2. The molecule has 0 heterocycles. The Hall–Kier alpha value is -5.08. The smallest absolute Gasteiger partial charge is 0.0536 e. The van der Waals surface area contributed by atoms with Gasteiger partial charge in [0.05, 0.1) is 5.69 Å². The van der Waals surface area contributed by atoms with Crippen LogP contribution in [0.3, 0.4) is 0 Å². The second-order valence-corrected chi connectivity index (χ2v) is 10.6. The summed E-state index contributed by atoms with van der Waals surface area (Å²) in [4.78, 5) is 4.64. The van der Waals surface area contributed by atoms with Gasteiger partial charge in [0.25, 0.3) is 0 Å². The number of rotatable bonds is 6. The fraction of sp³-hybridized carbons (Fsp3) is 0.0769. The van der Waals surface area contributed by atoms with Crippen molar-refractivity contribution in [3.05, 3.63) is 157 Å². The fourth-order valence-corrected chi connectivity index (χ4v) is 5.97. The SMILES string of the molecule is CN(c1ccc(-c2ccc(N(c3ccccc3)c3cccc4c3C=CCC4)cc2)cc1)c1cccc2ccccc12. The first-order valence-electron chi connectivity index (χ1n) is 14.3. The maximum atomic E-state index is 2.38. The summed E-state index contributed by atoms with van der Waals surface area (Å²) in [5, 5.41) is 2.51.